The van der Waals surface area contributed by atoms with Crippen LogP contribution in [0, 0.1) is 6.57 Å². The normalized spacial score (nSPS) is 12.0. The van der Waals surface area contributed by atoms with Crippen LogP contribution in [0.4, 0.5) is 5.69 Å². The van der Waals surface area contributed by atoms with E-state index in [-0.39, 0.29) is 6.54 Å². The molecule has 86 valence electrons. The Bertz CT molecular complexity index is 403. The Kier molecular flexibility index (Phi) is 4.78. The minimum absolute atomic E-state index is 0.0835. The molecule has 0 radical (unpaired) electrons. The standard InChI is InChI=1S/C11H12Br2N2O/c1-14-6-10(16)7-4-8(12)11(15(2)3)9(13)5-7/h4-5,10,16H,6H2,2-3H3. The van der Waals surface area contributed by atoms with Crippen molar-refractivity contribution in [3.05, 3.63) is 38.1 Å². The van der Waals surface area contributed by atoms with Crippen LogP contribution in [0.25, 0.3) is 4.85 Å². The molecule has 0 aromatic heterocycles. The van der Waals surface area contributed by atoms with Gasteiger partial charge >= 0.3 is 0 Å². The van der Waals surface area contributed by atoms with Gasteiger partial charge in [0.25, 0.3) is 0 Å². The van der Waals surface area contributed by atoms with E-state index >= 15 is 0 Å². The summed E-state index contributed by atoms with van der Waals surface area (Å²) in [6.07, 6.45) is -0.735. The smallest absolute Gasteiger partial charge is 0.244 e. The van der Waals surface area contributed by atoms with Crippen LogP contribution in [0.3, 0.4) is 0 Å². The van der Waals surface area contributed by atoms with Gasteiger partial charge in [-0.25, -0.2) is 6.57 Å². The molecule has 1 unspecified atom stereocenters. The molecule has 0 amide bonds. The van der Waals surface area contributed by atoms with E-state index in [1.807, 2.05) is 31.1 Å². The van der Waals surface area contributed by atoms with Crippen molar-refractivity contribution in [1.29, 1.82) is 0 Å². The number of hydrogen-bond donors (Lipinski definition) is 1. The van der Waals surface area contributed by atoms with Gasteiger partial charge in [0.2, 0.25) is 6.54 Å². The predicted octanol–water partition coefficient (Wildman–Crippen LogP) is 3.23. The zero-order valence-corrected chi connectivity index (χ0v) is 12.2. The van der Waals surface area contributed by atoms with Gasteiger partial charge in [0.05, 0.1) is 5.69 Å². The maximum absolute atomic E-state index is 9.73. The van der Waals surface area contributed by atoms with Crippen molar-refractivity contribution in [3.63, 3.8) is 0 Å². The summed E-state index contributed by atoms with van der Waals surface area (Å²) in [4.78, 5) is 5.16. The molecule has 1 aromatic rings. The number of benzene rings is 1. The van der Waals surface area contributed by atoms with E-state index in [4.69, 9.17) is 6.57 Å². The van der Waals surface area contributed by atoms with E-state index in [2.05, 4.69) is 36.7 Å². The highest BCUT2D eigenvalue weighted by atomic mass is 79.9. The average Bonchev–Trinajstić information content (AvgIpc) is 2.16. The van der Waals surface area contributed by atoms with Crippen LogP contribution < -0.4 is 4.90 Å². The lowest BCUT2D eigenvalue weighted by Crippen LogP contribution is -2.11. The Balaban J connectivity index is 3.15. The molecule has 0 spiro atoms. The summed E-state index contributed by atoms with van der Waals surface area (Å²) in [5.41, 5.74) is 1.75. The molecule has 3 nitrogen and oxygen atoms in total. The second kappa shape index (κ2) is 5.67. The topological polar surface area (TPSA) is 27.8 Å². The van der Waals surface area contributed by atoms with E-state index < -0.39 is 6.10 Å². The van der Waals surface area contributed by atoms with Gasteiger partial charge < -0.3 is 14.9 Å². The van der Waals surface area contributed by atoms with E-state index in [1.165, 1.54) is 0 Å². The summed E-state index contributed by atoms with van der Waals surface area (Å²) >= 11 is 6.92. The predicted molar refractivity (Wildman–Crippen MR) is 72.6 cm³/mol. The number of aliphatic hydroxyl groups excluding tert-OH is 1. The summed E-state index contributed by atoms with van der Waals surface area (Å²) < 4.78 is 1.79. The van der Waals surface area contributed by atoms with Crippen molar-refractivity contribution in [2.24, 2.45) is 0 Å². The van der Waals surface area contributed by atoms with Crippen LogP contribution in [0.1, 0.15) is 11.7 Å². The lowest BCUT2D eigenvalue weighted by atomic mass is 10.1. The number of anilines is 1. The molecule has 0 aliphatic rings. The van der Waals surface area contributed by atoms with Crippen molar-refractivity contribution in [1.82, 2.24) is 0 Å². The van der Waals surface area contributed by atoms with Crippen molar-refractivity contribution >= 4 is 37.5 Å². The number of hydrogen-bond acceptors (Lipinski definition) is 2. The second-order valence-electron chi connectivity index (χ2n) is 3.58. The van der Waals surface area contributed by atoms with Gasteiger partial charge in [-0.1, -0.05) is 0 Å². The summed E-state index contributed by atoms with van der Waals surface area (Å²) in [5.74, 6) is 0. The molecule has 0 heterocycles. The summed E-state index contributed by atoms with van der Waals surface area (Å²) in [5, 5.41) is 9.73. The second-order valence-corrected chi connectivity index (χ2v) is 5.29. The van der Waals surface area contributed by atoms with Crippen LogP contribution in [0.15, 0.2) is 21.1 Å². The molecule has 1 rings (SSSR count). The quantitative estimate of drug-likeness (QED) is 0.850. The van der Waals surface area contributed by atoms with Crippen LogP contribution in [0.5, 0.6) is 0 Å². The third kappa shape index (κ3) is 2.97. The zero-order valence-electron chi connectivity index (χ0n) is 9.04. The first-order valence-electron chi connectivity index (χ1n) is 4.65. The molecular weight excluding hydrogens is 336 g/mol. The summed E-state index contributed by atoms with van der Waals surface area (Å²) in [7, 11) is 3.89. The fourth-order valence-electron chi connectivity index (χ4n) is 1.40. The summed E-state index contributed by atoms with van der Waals surface area (Å²) in [6.45, 7) is 6.82. The fraction of sp³-hybridized carbons (Fsp3) is 0.364. The van der Waals surface area contributed by atoms with Gasteiger partial charge in [-0.3, -0.25) is 0 Å². The molecule has 16 heavy (non-hydrogen) atoms. The lowest BCUT2D eigenvalue weighted by Gasteiger charge is -2.18. The van der Waals surface area contributed by atoms with Gasteiger partial charge in [-0.15, -0.1) is 0 Å². The number of rotatable bonds is 3. The average molecular weight is 348 g/mol. The van der Waals surface area contributed by atoms with Crippen molar-refractivity contribution in [3.8, 4) is 0 Å². The SMILES string of the molecule is [C-]#[N+]CC(O)c1cc(Br)c(N(C)C)c(Br)c1. The van der Waals surface area contributed by atoms with Gasteiger partial charge in [0.15, 0.2) is 6.10 Å². The minimum Gasteiger partial charge on any atom is -0.381 e. The van der Waals surface area contributed by atoms with Gasteiger partial charge in [-0.05, 0) is 49.6 Å². The van der Waals surface area contributed by atoms with E-state index in [1.54, 1.807) is 0 Å². The van der Waals surface area contributed by atoms with E-state index in [9.17, 15) is 5.11 Å². The fourth-order valence-corrected chi connectivity index (χ4v) is 3.33. The van der Waals surface area contributed by atoms with E-state index in [0.717, 1.165) is 20.2 Å². The third-order valence-electron chi connectivity index (χ3n) is 2.14. The summed E-state index contributed by atoms with van der Waals surface area (Å²) in [6, 6.07) is 3.69. The van der Waals surface area contributed by atoms with Crippen molar-refractivity contribution < 1.29 is 5.11 Å². The molecule has 0 saturated carbocycles. The van der Waals surface area contributed by atoms with Crippen molar-refractivity contribution in [2.75, 3.05) is 25.5 Å². The first-order chi connectivity index (χ1) is 7.47. The molecule has 0 bridgehead atoms. The molecule has 1 aromatic carbocycles. The number of aliphatic hydroxyl groups is 1. The molecule has 5 heteroatoms. The highest BCUT2D eigenvalue weighted by Gasteiger charge is 2.15. The van der Waals surface area contributed by atoms with Crippen LogP contribution in [-0.4, -0.2) is 25.7 Å². The lowest BCUT2D eigenvalue weighted by molar-refractivity contribution is 0.195. The maximum atomic E-state index is 9.73. The first-order valence-corrected chi connectivity index (χ1v) is 6.23. The van der Waals surface area contributed by atoms with Gasteiger partial charge in [0.1, 0.15) is 0 Å². The van der Waals surface area contributed by atoms with Crippen LogP contribution in [-0.2, 0) is 0 Å². The third-order valence-corrected chi connectivity index (χ3v) is 3.34. The van der Waals surface area contributed by atoms with Crippen LogP contribution >= 0.6 is 31.9 Å². The molecule has 0 aliphatic heterocycles. The monoisotopic (exact) mass is 346 g/mol. The van der Waals surface area contributed by atoms with E-state index in [0.29, 0.717) is 0 Å². The molecular formula is C11H12Br2N2O. The Morgan fingerprint density at radius 1 is 1.38 bits per heavy atom. The highest BCUT2D eigenvalue weighted by Crippen LogP contribution is 2.35. The highest BCUT2D eigenvalue weighted by molar-refractivity contribution is 9.11. The number of halogens is 2. The first kappa shape index (κ1) is 13.5. The minimum atomic E-state index is -0.735. The number of nitrogens with zero attached hydrogens (tertiary/aromatic N) is 2. The Morgan fingerprint density at radius 3 is 2.25 bits per heavy atom. The molecule has 0 saturated heterocycles. The molecule has 1 N–H and O–H groups in total. The molecule has 0 fully saturated rings. The van der Waals surface area contributed by atoms with Crippen LogP contribution in [0.2, 0.25) is 0 Å². The van der Waals surface area contributed by atoms with Gasteiger partial charge in [0, 0.05) is 23.0 Å². The Morgan fingerprint density at radius 2 is 1.88 bits per heavy atom. The van der Waals surface area contributed by atoms with Crippen molar-refractivity contribution in [2.45, 2.75) is 6.10 Å². The Hall–Kier alpha value is -0.570. The Labute approximate surface area is 112 Å². The molecule has 0 aliphatic carbocycles. The molecule has 1 atom stereocenters. The largest absolute Gasteiger partial charge is 0.381 e. The van der Waals surface area contributed by atoms with Gasteiger partial charge in [-0.2, -0.15) is 0 Å². The maximum Gasteiger partial charge on any atom is 0.244 e. The zero-order chi connectivity index (χ0) is 12.3.